The first kappa shape index (κ1) is 11.5. The van der Waals surface area contributed by atoms with Crippen molar-refractivity contribution >= 4 is 11.6 Å². The molecule has 1 nitrogen and oxygen atoms in total. The third-order valence-electron chi connectivity index (χ3n) is 2.55. The molecule has 0 saturated carbocycles. The van der Waals surface area contributed by atoms with Crippen molar-refractivity contribution in [1.82, 2.24) is 5.32 Å². The number of hydrogen-bond acceptors (Lipinski definition) is 1. The van der Waals surface area contributed by atoms with Gasteiger partial charge in [-0.05, 0) is 50.9 Å². The number of halogens is 1. The number of hydrogen-bond donors (Lipinski definition) is 1. The molecule has 0 fully saturated rings. The van der Waals surface area contributed by atoms with Gasteiger partial charge in [0.25, 0.3) is 0 Å². The van der Waals surface area contributed by atoms with Crippen LogP contribution in [0.15, 0.2) is 18.2 Å². The highest BCUT2D eigenvalue weighted by Gasteiger charge is 2.03. The molecule has 0 aromatic heterocycles. The Morgan fingerprint density at radius 3 is 2.71 bits per heavy atom. The largest absolute Gasteiger partial charge is 0.317 e. The number of aryl methyl sites for hydroxylation is 2. The molecule has 0 aliphatic rings. The topological polar surface area (TPSA) is 12.0 Å². The van der Waals surface area contributed by atoms with E-state index in [0.717, 1.165) is 17.9 Å². The van der Waals surface area contributed by atoms with Crippen molar-refractivity contribution in [2.24, 2.45) is 0 Å². The third kappa shape index (κ3) is 3.32. The summed E-state index contributed by atoms with van der Waals surface area (Å²) < 4.78 is 0. The van der Waals surface area contributed by atoms with Gasteiger partial charge in [-0.2, -0.15) is 0 Å². The zero-order valence-electron chi connectivity index (χ0n) is 9.10. The Morgan fingerprint density at radius 2 is 2.14 bits per heavy atom. The predicted octanol–water partition coefficient (Wildman–Crippen LogP) is 3.19. The van der Waals surface area contributed by atoms with Crippen LogP contribution >= 0.6 is 11.6 Å². The van der Waals surface area contributed by atoms with Crippen LogP contribution in [-0.4, -0.2) is 13.1 Å². The van der Waals surface area contributed by atoms with Crippen molar-refractivity contribution in [3.63, 3.8) is 0 Å². The van der Waals surface area contributed by atoms with Crippen LogP contribution in [0.25, 0.3) is 0 Å². The smallest absolute Gasteiger partial charge is 0.0440 e. The standard InChI is InChI=1S/C12H18ClN/c1-9-4-6-11(12(13)8-9)7-5-10(2)14-3/h4,6,8,10,14H,5,7H2,1-3H3. The van der Waals surface area contributed by atoms with Gasteiger partial charge in [0.15, 0.2) is 0 Å². The first-order valence-corrected chi connectivity index (χ1v) is 5.43. The quantitative estimate of drug-likeness (QED) is 0.807. The summed E-state index contributed by atoms with van der Waals surface area (Å²) >= 11 is 6.14. The molecule has 1 aromatic rings. The summed E-state index contributed by atoms with van der Waals surface area (Å²) in [6.07, 6.45) is 2.17. The van der Waals surface area contributed by atoms with Crippen LogP contribution in [0.3, 0.4) is 0 Å². The summed E-state index contributed by atoms with van der Waals surface area (Å²) in [6.45, 7) is 4.24. The molecule has 1 unspecified atom stereocenters. The Balaban J connectivity index is 2.59. The maximum Gasteiger partial charge on any atom is 0.0440 e. The van der Waals surface area contributed by atoms with Crippen molar-refractivity contribution < 1.29 is 0 Å². The maximum atomic E-state index is 6.14. The van der Waals surface area contributed by atoms with E-state index in [9.17, 15) is 0 Å². The minimum absolute atomic E-state index is 0.548. The van der Waals surface area contributed by atoms with Gasteiger partial charge in [0.05, 0.1) is 0 Å². The second-order valence-corrected chi connectivity index (χ2v) is 4.23. The number of rotatable bonds is 4. The fraction of sp³-hybridized carbons (Fsp3) is 0.500. The Labute approximate surface area is 91.5 Å². The fourth-order valence-electron chi connectivity index (χ4n) is 1.37. The fourth-order valence-corrected chi connectivity index (χ4v) is 1.70. The average molecular weight is 212 g/mol. The molecule has 1 N–H and O–H groups in total. The molecule has 0 aliphatic heterocycles. The molecule has 1 aromatic carbocycles. The lowest BCUT2D eigenvalue weighted by atomic mass is 10.0. The number of benzene rings is 1. The van der Waals surface area contributed by atoms with Gasteiger partial charge >= 0.3 is 0 Å². The summed E-state index contributed by atoms with van der Waals surface area (Å²) in [5.74, 6) is 0. The lowest BCUT2D eigenvalue weighted by molar-refractivity contribution is 0.565. The lowest BCUT2D eigenvalue weighted by Gasteiger charge is -2.10. The van der Waals surface area contributed by atoms with Crippen molar-refractivity contribution in [1.29, 1.82) is 0 Å². The summed E-state index contributed by atoms with van der Waals surface area (Å²) in [7, 11) is 1.99. The van der Waals surface area contributed by atoms with Crippen LogP contribution in [0.1, 0.15) is 24.5 Å². The van der Waals surface area contributed by atoms with Gasteiger partial charge in [-0.25, -0.2) is 0 Å². The molecule has 14 heavy (non-hydrogen) atoms. The summed E-state index contributed by atoms with van der Waals surface area (Å²) in [6, 6.07) is 6.82. The molecular weight excluding hydrogens is 194 g/mol. The van der Waals surface area contributed by atoms with Crippen molar-refractivity contribution in [2.45, 2.75) is 32.7 Å². The van der Waals surface area contributed by atoms with Crippen LogP contribution in [0.5, 0.6) is 0 Å². The highest BCUT2D eigenvalue weighted by atomic mass is 35.5. The molecular formula is C12H18ClN. The zero-order valence-corrected chi connectivity index (χ0v) is 9.86. The van der Waals surface area contributed by atoms with E-state index in [1.165, 1.54) is 11.1 Å². The monoisotopic (exact) mass is 211 g/mol. The summed E-state index contributed by atoms with van der Waals surface area (Å²) in [5.41, 5.74) is 2.47. The van der Waals surface area contributed by atoms with Gasteiger partial charge in [0.2, 0.25) is 0 Å². The molecule has 1 rings (SSSR count). The molecule has 0 bridgehead atoms. The Morgan fingerprint density at radius 1 is 1.43 bits per heavy atom. The van der Waals surface area contributed by atoms with E-state index in [1.54, 1.807) is 0 Å². The maximum absolute atomic E-state index is 6.14. The zero-order chi connectivity index (χ0) is 10.6. The Kier molecular flexibility index (Phi) is 4.43. The molecule has 2 heteroatoms. The van der Waals surface area contributed by atoms with Gasteiger partial charge in [-0.1, -0.05) is 23.7 Å². The summed E-state index contributed by atoms with van der Waals surface area (Å²) in [4.78, 5) is 0. The van der Waals surface area contributed by atoms with E-state index in [1.807, 2.05) is 13.1 Å². The Bertz CT molecular complexity index is 296. The van der Waals surface area contributed by atoms with Gasteiger partial charge in [0, 0.05) is 11.1 Å². The first-order chi connectivity index (χ1) is 6.63. The molecule has 0 heterocycles. The normalized spacial score (nSPS) is 12.9. The Hall–Kier alpha value is -0.530. The van der Waals surface area contributed by atoms with E-state index in [2.05, 4.69) is 31.3 Å². The van der Waals surface area contributed by atoms with Crippen molar-refractivity contribution in [3.8, 4) is 0 Å². The highest BCUT2D eigenvalue weighted by Crippen LogP contribution is 2.19. The van der Waals surface area contributed by atoms with Crippen LogP contribution < -0.4 is 5.32 Å². The molecule has 0 spiro atoms. The van der Waals surface area contributed by atoms with E-state index < -0.39 is 0 Å². The molecule has 0 saturated heterocycles. The second-order valence-electron chi connectivity index (χ2n) is 3.82. The lowest BCUT2D eigenvalue weighted by Crippen LogP contribution is -2.21. The van der Waals surface area contributed by atoms with Crippen LogP contribution in [0.2, 0.25) is 5.02 Å². The van der Waals surface area contributed by atoms with Gasteiger partial charge in [-0.3, -0.25) is 0 Å². The predicted molar refractivity (Wildman–Crippen MR) is 63.0 cm³/mol. The van der Waals surface area contributed by atoms with Gasteiger partial charge in [0.1, 0.15) is 0 Å². The SMILES string of the molecule is CNC(C)CCc1ccc(C)cc1Cl. The van der Waals surface area contributed by atoms with Crippen molar-refractivity contribution in [2.75, 3.05) is 7.05 Å². The molecule has 78 valence electrons. The molecule has 1 atom stereocenters. The molecule has 0 radical (unpaired) electrons. The van der Waals surface area contributed by atoms with Crippen molar-refractivity contribution in [3.05, 3.63) is 34.3 Å². The minimum Gasteiger partial charge on any atom is -0.317 e. The average Bonchev–Trinajstić information content (AvgIpc) is 2.16. The molecule has 0 aliphatic carbocycles. The van der Waals surface area contributed by atoms with Crippen LogP contribution in [-0.2, 0) is 6.42 Å². The van der Waals surface area contributed by atoms with Gasteiger partial charge < -0.3 is 5.32 Å². The van der Waals surface area contributed by atoms with Crippen LogP contribution in [0.4, 0.5) is 0 Å². The number of nitrogens with one attached hydrogen (secondary N) is 1. The minimum atomic E-state index is 0.548. The third-order valence-corrected chi connectivity index (χ3v) is 2.90. The van der Waals surface area contributed by atoms with E-state index in [4.69, 9.17) is 11.6 Å². The molecule has 0 amide bonds. The summed E-state index contributed by atoms with van der Waals surface area (Å²) in [5, 5.41) is 4.12. The highest BCUT2D eigenvalue weighted by molar-refractivity contribution is 6.31. The van der Waals surface area contributed by atoms with E-state index >= 15 is 0 Å². The second kappa shape index (κ2) is 5.38. The van der Waals surface area contributed by atoms with Crippen LogP contribution in [0, 0.1) is 6.92 Å². The van der Waals surface area contributed by atoms with E-state index in [0.29, 0.717) is 6.04 Å². The van der Waals surface area contributed by atoms with E-state index in [-0.39, 0.29) is 0 Å². The van der Waals surface area contributed by atoms with Gasteiger partial charge in [-0.15, -0.1) is 0 Å². The first-order valence-electron chi connectivity index (χ1n) is 5.05.